The van der Waals surface area contributed by atoms with Crippen molar-refractivity contribution < 1.29 is 17.7 Å². The Bertz CT molecular complexity index is 548. The van der Waals surface area contributed by atoms with E-state index in [1.165, 1.54) is 12.1 Å². The number of aromatic nitrogens is 2. The normalized spacial score (nSPS) is 13.5. The maximum absolute atomic E-state index is 12.4. The van der Waals surface area contributed by atoms with Gasteiger partial charge in [-0.3, -0.25) is 0 Å². The summed E-state index contributed by atoms with van der Waals surface area (Å²) in [6, 6.07) is 4.51. The van der Waals surface area contributed by atoms with Gasteiger partial charge in [0.25, 0.3) is 0 Å². The van der Waals surface area contributed by atoms with Crippen molar-refractivity contribution in [3.05, 3.63) is 35.7 Å². The van der Waals surface area contributed by atoms with Gasteiger partial charge in [0.15, 0.2) is 0 Å². The molecule has 19 heavy (non-hydrogen) atoms. The molecule has 0 aliphatic rings. The highest BCUT2D eigenvalue weighted by molar-refractivity contribution is 5.54. The molecule has 1 atom stereocenters. The summed E-state index contributed by atoms with van der Waals surface area (Å²) in [5.74, 6) is 0.656. The minimum atomic E-state index is -4.35. The lowest BCUT2D eigenvalue weighted by Crippen LogP contribution is -2.12. The third kappa shape index (κ3) is 2.93. The molecule has 7 heteroatoms. The van der Waals surface area contributed by atoms with Crippen LogP contribution in [0.2, 0.25) is 0 Å². The van der Waals surface area contributed by atoms with Crippen LogP contribution in [0, 0.1) is 0 Å². The molecule has 0 bridgehead atoms. The molecule has 0 fully saturated rings. The maximum atomic E-state index is 12.4. The lowest BCUT2D eigenvalue weighted by molar-refractivity contribution is -0.137. The summed E-state index contributed by atoms with van der Waals surface area (Å²) in [6.07, 6.45) is -4.35. The van der Waals surface area contributed by atoms with Crippen LogP contribution >= 0.6 is 0 Å². The van der Waals surface area contributed by atoms with E-state index in [4.69, 9.17) is 4.52 Å². The molecule has 1 aromatic carbocycles. The summed E-state index contributed by atoms with van der Waals surface area (Å²) in [5, 5.41) is 6.67. The highest BCUT2D eigenvalue weighted by Gasteiger charge is 2.30. The Morgan fingerprint density at radius 3 is 2.37 bits per heavy atom. The number of benzene rings is 1. The Hall–Kier alpha value is -1.89. The van der Waals surface area contributed by atoms with E-state index >= 15 is 0 Å². The van der Waals surface area contributed by atoms with E-state index in [1.807, 2.05) is 6.92 Å². The molecule has 1 heterocycles. The van der Waals surface area contributed by atoms with Crippen LogP contribution in [0.1, 0.15) is 24.4 Å². The zero-order valence-corrected chi connectivity index (χ0v) is 10.3. The SMILES string of the molecule is CNC(C)c1nc(-c2ccc(C(F)(F)F)cc2)no1. The van der Waals surface area contributed by atoms with Gasteiger partial charge in [-0.15, -0.1) is 0 Å². The van der Waals surface area contributed by atoms with Gasteiger partial charge < -0.3 is 9.84 Å². The van der Waals surface area contributed by atoms with Gasteiger partial charge in [0.1, 0.15) is 0 Å². The van der Waals surface area contributed by atoms with E-state index in [9.17, 15) is 13.2 Å². The molecule has 1 N–H and O–H groups in total. The summed E-state index contributed by atoms with van der Waals surface area (Å²) >= 11 is 0. The first-order valence-electron chi connectivity index (χ1n) is 5.60. The van der Waals surface area contributed by atoms with E-state index < -0.39 is 11.7 Å². The highest BCUT2D eigenvalue weighted by atomic mass is 19.4. The molecular weight excluding hydrogens is 259 g/mol. The van der Waals surface area contributed by atoms with Crippen molar-refractivity contribution >= 4 is 0 Å². The van der Waals surface area contributed by atoms with Crippen molar-refractivity contribution in [1.29, 1.82) is 0 Å². The third-order valence-corrected chi connectivity index (χ3v) is 2.72. The standard InChI is InChI=1S/C12H12F3N3O/c1-7(16-2)11-17-10(18-19-11)8-3-5-9(6-4-8)12(13,14)15/h3-7,16H,1-2H3. The average Bonchev–Trinajstić information content (AvgIpc) is 2.86. The Morgan fingerprint density at radius 2 is 1.84 bits per heavy atom. The van der Waals surface area contributed by atoms with Gasteiger partial charge in [-0.2, -0.15) is 18.2 Å². The second kappa shape index (κ2) is 5.00. The second-order valence-electron chi connectivity index (χ2n) is 4.04. The molecule has 1 unspecified atom stereocenters. The molecule has 0 saturated heterocycles. The van der Waals surface area contributed by atoms with Gasteiger partial charge in [-0.25, -0.2) is 0 Å². The Balaban J connectivity index is 2.25. The molecule has 2 rings (SSSR count). The largest absolute Gasteiger partial charge is 0.416 e. The van der Waals surface area contributed by atoms with E-state index in [2.05, 4.69) is 15.5 Å². The smallest absolute Gasteiger partial charge is 0.337 e. The molecule has 0 saturated carbocycles. The molecule has 1 aromatic heterocycles. The third-order valence-electron chi connectivity index (χ3n) is 2.72. The van der Waals surface area contributed by atoms with Crippen molar-refractivity contribution in [2.24, 2.45) is 0 Å². The maximum Gasteiger partial charge on any atom is 0.416 e. The Morgan fingerprint density at radius 1 is 1.21 bits per heavy atom. The van der Waals surface area contributed by atoms with Crippen molar-refractivity contribution in [3.8, 4) is 11.4 Å². The Labute approximate surface area is 107 Å². The quantitative estimate of drug-likeness (QED) is 0.932. The minimum Gasteiger partial charge on any atom is -0.337 e. The molecule has 0 spiro atoms. The first kappa shape index (κ1) is 13.5. The number of hydrogen-bond acceptors (Lipinski definition) is 4. The zero-order valence-electron chi connectivity index (χ0n) is 10.3. The number of halogens is 3. The van der Waals surface area contributed by atoms with Crippen LogP contribution in [0.25, 0.3) is 11.4 Å². The number of alkyl halides is 3. The van der Waals surface area contributed by atoms with Gasteiger partial charge >= 0.3 is 6.18 Å². The van der Waals surface area contributed by atoms with E-state index in [1.54, 1.807) is 7.05 Å². The van der Waals surface area contributed by atoms with Crippen LogP contribution in [0.3, 0.4) is 0 Å². The first-order valence-corrected chi connectivity index (χ1v) is 5.60. The van der Waals surface area contributed by atoms with Crippen molar-refractivity contribution in [2.75, 3.05) is 7.05 Å². The van der Waals surface area contributed by atoms with Crippen LogP contribution in [-0.2, 0) is 6.18 Å². The topological polar surface area (TPSA) is 51.0 Å². The number of nitrogens with one attached hydrogen (secondary N) is 1. The first-order chi connectivity index (χ1) is 8.91. The summed E-state index contributed by atoms with van der Waals surface area (Å²) < 4.78 is 42.3. The minimum absolute atomic E-state index is 0.115. The number of hydrogen-bond donors (Lipinski definition) is 1. The van der Waals surface area contributed by atoms with Crippen LogP contribution in [0.5, 0.6) is 0 Å². The van der Waals surface area contributed by atoms with Gasteiger partial charge in [0.2, 0.25) is 11.7 Å². The lowest BCUT2D eigenvalue weighted by Gasteiger charge is -2.05. The van der Waals surface area contributed by atoms with Crippen molar-refractivity contribution in [3.63, 3.8) is 0 Å². The fourth-order valence-corrected chi connectivity index (χ4v) is 1.46. The molecule has 0 radical (unpaired) electrons. The van der Waals surface area contributed by atoms with Gasteiger partial charge in [-0.1, -0.05) is 17.3 Å². The average molecular weight is 271 g/mol. The molecule has 0 aliphatic carbocycles. The van der Waals surface area contributed by atoms with Crippen LogP contribution in [0.15, 0.2) is 28.8 Å². The van der Waals surface area contributed by atoms with Crippen molar-refractivity contribution in [2.45, 2.75) is 19.1 Å². The van der Waals surface area contributed by atoms with E-state index in [0.29, 0.717) is 11.5 Å². The monoisotopic (exact) mass is 271 g/mol. The molecule has 102 valence electrons. The molecule has 2 aromatic rings. The summed E-state index contributed by atoms with van der Waals surface area (Å²) in [4.78, 5) is 4.12. The summed E-state index contributed by atoms with van der Waals surface area (Å²) in [5.41, 5.74) is -0.227. The molecular formula is C12H12F3N3O. The van der Waals surface area contributed by atoms with Gasteiger partial charge in [-0.05, 0) is 26.1 Å². The highest BCUT2D eigenvalue weighted by Crippen LogP contribution is 2.30. The Kier molecular flexibility index (Phi) is 3.57. The van der Waals surface area contributed by atoms with E-state index in [-0.39, 0.29) is 11.9 Å². The van der Waals surface area contributed by atoms with Gasteiger partial charge in [0, 0.05) is 5.56 Å². The van der Waals surface area contributed by atoms with Crippen LogP contribution < -0.4 is 5.32 Å². The number of rotatable bonds is 3. The molecule has 0 aliphatic heterocycles. The number of nitrogens with zero attached hydrogens (tertiary/aromatic N) is 2. The molecule has 0 amide bonds. The predicted molar refractivity (Wildman–Crippen MR) is 62.2 cm³/mol. The summed E-state index contributed by atoms with van der Waals surface area (Å²) in [6.45, 7) is 1.84. The van der Waals surface area contributed by atoms with Crippen LogP contribution in [0.4, 0.5) is 13.2 Å². The zero-order chi connectivity index (χ0) is 14.0. The van der Waals surface area contributed by atoms with Crippen LogP contribution in [-0.4, -0.2) is 17.2 Å². The second-order valence-corrected chi connectivity index (χ2v) is 4.04. The van der Waals surface area contributed by atoms with Gasteiger partial charge in [0.05, 0.1) is 11.6 Å². The predicted octanol–water partition coefficient (Wildman–Crippen LogP) is 3.04. The van der Waals surface area contributed by atoms with E-state index in [0.717, 1.165) is 12.1 Å². The lowest BCUT2D eigenvalue weighted by atomic mass is 10.1. The summed E-state index contributed by atoms with van der Waals surface area (Å²) in [7, 11) is 1.74. The van der Waals surface area contributed by atoms with Crippen molar-refractivity contribution in [1.82, 2.24) is 15.5 Å². The molecule has 4 nitrogen and oxygen atoms in total. The fraction of sp³-hybridized carbons (Fsp3) is 0.333. The fourth-order valence-electron chi connectivity index (χ4n) is 1.46.